The van der Waals surface area contributed by atoms with Gasteiger partial charge in [0.05, 0.1) is 17.7 Å². The summed E-state index contributed by atoms with van der Waals surface area (Å²) in [6.07, 6.45) is 3.62. The van der Waals surface area contributed by atoms with Crippen molar-refractivity contribution in [2.75, 3.05) is 13.2 Å². The van der Waals surface area contributed by atoms with Gasteiger partial charge in [0.1, 0.15) is 5.92 Å². The molecule has 0 spiro atoms. The summed E-state index contributed by atoms with van der Waals surface area (Å²) in [6, 6.07) is 3.46. The summed E-state index contributed by atoms with van der Waals surface area (Å²) < 4.78 is 11.6. The number of rotatable bonds is 7. The molecule has 1 aromatic carbocycles. The summed E-state index contributed by atoms with van der Waals surface area (Å²) >= 11 is 3.38. The molecule has 2 atom stereocenters. The Bertz CT molecular complexity index is 905. The number of carbonyl (C=O) groups excluding carboxylic acids is 2. The van der Waals surface area contributed by atoms with Crippen LogP contribution in [0.3, 0.4) is 0 Å². The van der Waals surface area contributed by atoms with Crippen LogP contribution in [-0.4, -0.2) is 35.8 Å². The van der Waals surface area contributed by atoms with E-state index in [4.69, 9.17) is 9.47 Å². The number of Topliss-reactive ketones (excluding diaryl/α,β-unsaturated/α-hetero) is 1. The second-order valence-corrected chi connectivity index (χ2v) is 8.50. The number of carbonyl (C=O) groups is 2. The van der Waals surface area contributed by atoms with Gasteiger partial charge in [0.15, 0.2) is 17.3 Å². The summed E-state index contributed by atoms with van der Waals surface area (Å²) in [5, 5.41) is 10.3. The number of benzene rings is 1. The van der Waals surface area contributed by atoms with Crippen molar-refractivity contribution in [1.29, 1.82) is 0 Å². The normalized spacial score (nSPS) is 21.2. The second-order valence-electron chi connectivity index (χ2n) is 7.65. The first-order valence-corrected chi connectivity index (χ1v) is 11.3. The zero-order valence-electron chi connectivity index (χ0n) is 17.7. The number of ether oxygens (including phenoxy) is 2. The minimum absolute atomic E-state index is 0.00644. The van der Waals surface area contributed by atoms with Crippen LogP contribution in [0, 0.1) is 5.92 Å². The molecule has 0 saturated carbocycles. The van der Waals surface area contributed by atoms with E-state index in [2.05, 4.69) is 20.9 Å². The van der Waals surface area contributed by atoms with Crippen LogP contribution < -0.4 is 4.74 Å². The molecule has 162 valence electrons. The van der Waals surface area contributed by atoms with E-state index in [9.17, 15) is 14.7 Å². The molecule has 0 saturated heterocycles. The van der Waals surface area contributed by atoms with E-state index in [0.717, 1.165) is 30.5 Å². The Kier molecular flexibility index (Phi) is 7.34. The number of aromatic hydroxyl groups is 1. The lowest BCUT2D eigenvalue weighted by atomic mass is 9.71. The lowest BCUT2D eigenvalue weighted by Gasteiger charge is -2.34. The highest BCUT2D eigenvalue weighted by atomic mass is 79.9. The molecule has 3 rings (SSSR count). The van der Waals surface area contributed by atoms with E-state index in [1.807, 2.05) is 20.8 Å². The topological polar surface area (TPSA) is 85.2 Å². The molecule has 0 radical (unpaired) electrons. The van der Waals surface area contributed by atoms with Crippen molar-refractivity contribution in [3.05, 3.63) is 33.4 Å². The molecule has 1 N–H and O–H groups in total. The first kappa shape index (κ1) is 22.5. The van der Waals surface area contributed by atoms with Crippen molar-refractivity contribution in [2.24, 2.45) is 10.9 Å². The van der Waals surface area contributed by atoms with Crippen LogP contribution in [0.15, 0.2) is 32.9 Å². The fourth-order valence-electron chi connectivity index (χ4n) is 4.12. The number of hydrogen-bond donors (Lipinski definition) is 1. The SMILES string of the molecule is CCCCOC(=O)C1C(C)=NC2=C(C(=O)CCC2)[C@@H]1c1cc(Br)c(O)c(OCC)c1. The first-order chi connectivity index (χ1) is 14.4. The van der Waals surface area contributed by atoms with Gasteiger partial charge in [0.25, 0.3) is 0 Å². The minimum atomic E-state index is -0.687. The molecule has 0 fully saturated rings. The number of phenolic OH excluding ortho intramolecular Hbond substituents is 1. The predicted octanol–water partition coefficient (Wildman–Crippen LogP) is 5.08. The number of ketones is 1. The number of nitrogens with zero attached hydrogens (tertiary/aromatic N) is 1. The number of esters is 1. The zero-order chi connectivity index (χ0) is 21.8. The van der Waals surface area contributed by atoms with Gasteiger partial charge in [0.2, 0.25) is 0 Å². The molecule has 1 aliphatic carbocycles. The van der Waals surface area contributed by atoms with E-state index >= 15 is 0 Å². The molecule has 0 bridgehead atoms. The summed E-state index contributed by atoms with van der Waals surface area (Å²) in [4.78, 5) is 30.7. The molecule has 0 aromatic heterocycles. The molecule has 7 heteroatoms. The van der Waals surface area contributed by atoms with Gasteiger partial charge in [-0.1, -0.05) is 13.3 Å². The van der Waals surface area contributed by atoms with Crippen molar-refractivity contribution in [1.82, 2.24) is 0 Å². The van der Waals surface area contributed by atoms with Crippen LogP contribution in [0.5, 0.6) is 11.5 Å². The van der Waals surface area contributed by atoms with Crippen LogP contribution in [0.1, 0.15) is 64.4 Å². The smallest absolute Gasteiger partial charge is 0.315 e. The zero-order valence-corrected chi connectivity index (χ0v) is 19.3. The molecule has 1 unspecified atom stereocenters. The highest BCUT2D eigenvalue weighted by Crippen LogP contribution is 2.47. The lowest BCUT2D eigenvalue weighted by molar-refractivity contribution is -0.146. The Hall–Kier alpha value is -2.15. The summed E-state index contributed by atoms with van der Waals surface area (Å²) in [5.74, 6) is -1.25. The van der Waals surface area contributed by atoms with Crippen LogP contribution in [0.2, 0.25) is 0 Å². The fraction of sp³-hybridized carbons (Fsp3) is 0.522. The number of hydrogen-bond acceptors (Lipinski definition) is 6. The first-order valence-electron chi connectivity index (χ1n) is 10.5. The average Bonchev–Trinajstić information content (AvgIpc) is 2.70. The van der Waals surface area contributed by atoms with E-state index in [0.29, 0.717) is 47.6 Å². The maximum Gasteiger partial charge on any atom is 0.315 e. The van der Waals surface area contributed by atoms with E-state index in [1.54, 1.807) is 12.1 Å². The third-order valence-corrected chi connectivity index (χ3v) is 6.14. The Labute approximate surface area is 185 Å². The maximum absolute atomic E-state index is 13.1. The minimum Gasteiger partial charge on any atom is -0.503 e. The predicted molar refractivity (Wildman–Crippen MR) is 118 cm³/mol. The van der Waals surface area contributed by atoms with Gasteiger partial charge >= 0.3 is 5.97 Å². The Morgan fingerprint density at radius 3 is 2.77 bits per heavy atom. The van der Waals surface area contributed by atoms with E-state index in [1.165, 1.54) is 0 Å². The largest absolute Gasteiger partial charge is 0.503 e. The van der Waals surface area contributed by atoms with Crippen molar-refractivity contribution in [3.63, 3.8) is 0 Å². The van der Waals surface area contributed by atoms with E-state index < -0.39 is 11.8 Å². The van der Waals surface area contributed by atoms with Gasteiger partial charge < -0.3 is 14.6 Å². The van der Waals surface area contributed by atoms with Crippen LogP contribution in [0.4, 0.5) is 0 Å². The molecule has 0 amide bonds. The molecule has 30 heavy (non-hydrogen) atoms. The Morgan fingerprint density at radius 2 is 2.07 bits per heavy atom. The number of allylic oxidation sites excluding steroid dienone is 2. The number of unbranched alkanes of at least 4 members (excludes halogenated alkanes) is 1. The van der Waals surface area contributed by atoms with Gasteiger partial charge in [-0.2, -0.15) is 0 Å². The molecular weight excluding hydrogens is 450 g/mol. The summed E-state index contributed by atoms with van der Waals surface area (Å²) in [7, 11) is 0. The Balaban J connectivity index is 2.12. The number of aliphatic imine (C=N–C) groups is 1. The van der Waals surface area contributed by atoms with E-state index in [-0.39, 0.29) is 17.5 Å². The quantitative estimate of drug-likeness (QED) is 0.437. The average molecular weight is 478 g/mol. The molecule has 1 aromatic rings. The monoisotopic (exact) mass is 477 g/mol. The fourth-order valence-corrected chi connectivity index (χ4v) is 4.58. The van der Waals surface area contributed by atoms with Gasteiger partial charge in [0, 0.05) is 29.3 Å². The lowest BCUT2D eigenvalue weighted by Crippen LogP contribution is -2.37. The maximum atomic E-state index is 13.1. The van der Waals surface area contributed by atoms with Crippen molar-refractivity contribution < 1.29 is 24.2 Å². The molecule has 1 aliphatic heterocycles. The summed E-state index contributed by atoms with van der Waals surface area (Å²) in [6.45, 7) is 6.40. The van der Waals surface area contributed by atoms with Gasteiger partial charge in [-0.15, -0.1) is 0 Å². The van der Waals surface area contributed by atoms with Crippen LogP contribution in [-0.2, 0) is 14.3 Å². The Morgan fingerprint density at radius 1 is 1.30 bits per heavy atom. The van der Waals surface area contributed by atoms with Crippen molar-refractivity contribution in [3.8, 4) is 11.5 Å². The third kappa shape index (κ3) is 4.46. The van der Waals surface area contributed by atoms with Gasteiger partial charge in [-0.3, -0.25) is 14.6 Å². The number of halogens is 1. The van der Waals surface area contributed by atoms with Gasteiger partial charge in [-0.05, 0) is 66.7 Å². The van der Waals surface area contributed by atoms with Gasteiger partial charge in [-0.25, -0.2) is 0 Å². The molecular formula is C23H28BrNO5. The second kappa shape index (κ2) is 9.77. The number of phenols is 1. The van der Waals surface area contributed by atoms with Crippen LogP contribution >= 0.6 is 15.9 Å². The van der Waals surface area contributed by atoms with Crippen molar-refractivity contribution in [2.45, 2.75) is 58.8 Å². The third-order valence-electron chi connectivity index (χ3n) is 5.54. The van der Waals surface area contributed by atoms with Crippen LogP contribution in [0.25, 0.3) is 0 Å². The highest BCUT2D eigenvalue weighted by Gasteiger charge is 2.43. The molecule has 2 aliphatic rings. The highest BCUT2D eigenvalue weighted by molar-refractivity contribution is 9.10. The standard InChI is InChI=1S/C23H28BrNO5/c1-4-6-10-30-23(28)19-13(3)25-16-8-7-9-17(26)21(16)20(19)14-11-15(24)22(27)18(12-14)29-5-2/h11-12,19-20,27H,4-10H2,1-3H3/t19?,20-/m1/s1. The van der Waals surface area contributed by atoms with Crippen molar-refractivity contribution >= 4 is 33.4 Å². The molecule has 1 heterocycles. The summed E-state index contributed by atoms with van der Waals surface area (Å²) in [5.41, 5.74) is 2.72. The molecule has 6 nitrogen and oxygen atoms in total.